The summed E-state index contributed by atoms with van der Waals surface area (Å²) in [6.07, 6.45) is 10.0. The van der Waals surface area contributed by atoms with Crippen LogP contribution in [-0.4, -0.2) is 0 Å². The van der Waals surface area contributed by atoms with Crippen LogP contribution in [0.15, 0.2) is 30.1 Å². The SMILES string of the molecule is [C-]1=CC=CC1.[Cl-].[Cl-].[Zr+4].[c-]1cc[pH]p1. The zero-order valence-electron chi connectivity index (χ0n) is 6.80. The molecular formula is C8H8Cl2P2Zr. The fourth-order valence-corrected chi connectivity index (χ4v) is 2.02. The van der Waals surface area contributed by atoms with Gasteiger partial charge in [-0.05, 0) is 0 Å². The molecule has 1 aliphatic rings. The molecule has 1 aromatic rings. The van der Waals surface area contributed by atoms with Gasteiger partial charge in [0.1, 0.15) is 0 Å². The van der Waals surface area contributed by atoms with E-state index < -0.39 is 0 Å². The Morgan fingerprint density at radius 2 is 2.08 bits per heavy atom. The van der Waals surface area contributed by atoms with E-state index in [0.717, 1.165) is 14.3 Å². The van der Waals surface area contributed by atoms with E-state index in [2.05, 4.69) is 23.7 Å². The Hall–Kier alpha value is 1.15. The Kier molecular flexibility index (Phi) is 23.6. The van der Waals surface area contributed by atoms with Crippen LogP contribution in [0, 0.1) is 11.9 Å². The van der Waals surface area contributed by atoms with Gasteiger partial charge in [-0.2, -0.15) is 19.7 Å². The van der Waals surface area contributed by atoms with Gasteiger partial charge in [-0.3, -0.25) is 6.08 Å². The molecule has 5 heteroatoms. The van der Waals surface area contributed by atoms with Crippen molar-refractivity contribution in [2.45, 2.75) is 6.42 Å². The van der Waals surface area contributed by atoms with E-state index >= 15 is 0 Å². The molecule has 13 heavy (non-hydrogen) atoms. The second-order valence-electron chi connectivity index (χ2n) is 1.71. The van der Waals surface area contributed by atoms with E-state index in [9.17, 15) is 0 Å². The van der Waals surface area contributed by atoms with E-state index in [0.29, 0.717) is 0 Å². The number of halogens is 2. The van der Waals surface area contributed by atoms with E-state index in [4.69, 9.17) is 0 Å². The Morgan fingerprint density at radius 1 is 1.31 bits per heavy atom. The van der Waals surface area contributed by atoms with Gasteiger partial charge in [0.25, 0.3) is 0 Å². The van der Waals surface area contributed by atoms with Crippen LogP contribution in [-0.2, 0) is 26.2 Å². The van der Waals surface area contributed by atoms with Gasteiger partial charge in [-0.15, -0.1) is 6.42 Å². The Labute approximate surface area is 114 Å². The maximum atomic E-state index is 3.03. The first-order valence-electron chi connectivity index (χ1n) is 3.08. The van der Waals surface area contributed by atoms with E-state index in [1.807, 2.05) is 18.2 Å². The van der Waals surface area contributed by atoms with Crippen molar-refractivity contribution >= 4 is 15.7 Å². The molecule has 0 saturated carbocycles. The summed E-state index contributed by atoms with van der Waals surface area (Å²) < 4.78 is 0. The molecule has 1 aliphatic carbocycles. The van der Waals surface area contributed by atoms with Crippen molar-refractivity contribution in [3.63, 3.8) is 0 Å². The number of hydrogen-bond acceptors (Lipinski definition) is 0. The minimum absolute atomic E-state index is 0. The van der Waals surface area contributed by atoms with Crippen LogP contribution in [0.5, 0.6) is 0 Å². The van der Waals surface area contributed by atoms with Gasteiger partial charge in [0.2, 0.25) is 0 Å². The zero-order chi connectivity index (χ0) is 7.07. The fraction of sp³-hybridized carbons (Fsp3) is 0.125. The average molecular weight is 328 g/mol. The Bertz CT molecular complexity index is 183. The molecule has 2 rings (SSSR count). The molecule has 0 radical (unpaired) electrons. The second kappa shape index (κ2) is 15.6. The Morgan fingerprint density at radius 3 is 2.23 bits per heavy atom. The first kappa shape index (κ1) is 19.7. The van der Waals surface area contributed by atoms with Crippen LogP contribution in [0.25, 0.3) is 0 Å². The normalized spacial score (nSPS) is 11.1. The molecule has 0 nitrogen and oxygen atoms in total. The molecule has 0 aromatic carbocycles. The molecule has 1 heterocycles. The third-order valence-electron chi connectivity index (χ3n) is 0.947. The summed E-state index contributed by atoms with van der Waals surface area (Å²) >= 11 is 0. The van der Waals surface area contributed by atoms with Crippen LogP contribution in [0.2, 0.25) is 0 Å². The first-order valence-corrected chi connectivity index (χ1v) is 5.89. The summed E-state index contributed by atoms with van der Waals surface area (Å²) in [4.78, 5) is 0. The van der Waals surface area contributed by atoms with Gasteiger partial charge < -0.3 is 24.8 Å². The van der Waals surface area contributed by atoms with Crippen LogP contribution >= 0.6 is 15.7 Å². The third-order valence-corrected chi connectivity index (χ3v) is 2.89. The quantitative estimate of drug-likeness (QED) is 0.459. The monoisotopic (exact) mass is 326 g/mol. The van der Waals surface area contributed by atoms with Crippen molar-refractivity contribution in [1.29, 1.82) is 0 Å². The van der Waals surface area contributed by atoms with Gasteiger partial charge in [0.05, 0.1) is 0 Å². The van der Waals surface area contributed by atoms with Crippen LogP contribution in [0.1, 0.15) is 6.42 Å². The molecule has 0 aliphatic heterocycles. The molecule has 0 N–H and O–H groups in total. The number of allylic oxidation sites excluding steroid dienone is 4. The first-order chi connectivity index (χ1) is 5.00. The van der Waals surface area contributed by atoms with Gasteiger partial charge in [-0.1, -0.05) is 0 Å². The summed E-state index contributed by atoms with van der Waals surface area (Å²) in [6, 6.07) is 1.99. The predicted molar refractivity (Wildman–Crippen MR) is 48.9 cm³/mol. The summed E-state index contributed by atoms with van der Waals surface area (Å²) in [7, 11) is 2.35. The van der Waals surface area contributed by atoms with Crippen molar-refractivity contribution in [3.8, 4) is 0 Å². The zero-order valence-corrected chi connectivity index (χ0v) is 12.7. The van der Waals surface area contributed by atoms with Crippen molar-refractivity contribution in [1.82, 2.24) is 0 Å². The fourth-order valence-electron chi connectivity index (χ4n) is 0.527. The summed E-state index contributed by atoms with van der Waals surface area (Å²) in [6.45, 7) is 0. The third kappa shape index (κ3) is 13.2. The van der Waals surface area contributed by atoms with Crippen molar-refractivity contribution < 1.29 is 51.0 Å². The standard InChI is InChI=1S/C5H5.C3H3P2.2ClH.Zr/c2*1-2-4-5-3-1;;;/h1-3H,4H2;1-2,4H;2*1H;/q2*-1;;;+4/p-2. The van der Waals surface area contributed by atoms with E-state index in [-0.39, 0.29) is 51.0 Å². The topological polar surface area (TPSA) is 0 Å². The molecule has 0 amide bonds. The Balaban J connectivity index is -0.000000125. The van der Waals surface area contributed by atoms with Crippen LogP contribution < -0.4 is 24.8 Å². The summed E-state index contributed by atoms with van der Waals surface area (Å²) in [5.74, 6) is 5.17. The molecule has 0 bridgehead atoms. The number of hydrogen-bond donors (Lipinski definition) is 0. The van der Waals surface area contributed by atoms with E-state index in [1.165, 1.54) is 7.87 Å². The molecular weight excluding hydrogens is 320 g/mol. The van der Waals surface area contributed by atoms with Crippen molar-refractivity contribution in [2.75, 3.05) is 0 Å². The average Bonchev–Trinajstić information content (AvgIpc) is 2.67. The molecule has 0 spiro atoms. The maximum Gasteiger partial charge on any atom is 4.00 e. The molecule has 1 unspecified atom stereocenters. The minimum Gasteiger partial charge on any atom is -1.00 e. The van der Waals surface area contributed by atoms with Gasteiger partial charge in [0, 0.05) is 0 Å². The second-order valence-corrected chi connectivity index (χ2v) is 4.23. The minimum atomic E-state index is 0. The van der Waals surface area contributed by atoms with Gasteiger partial charge in [0.15, 0.2) is 0 Å². The smallest absolute Gasteiger partial charge is 1.00 e. The molecule has 0 fully saturated rings. The predicted octanol–water partition coefficient (Wildman–Crippen LogP) is -2.59. The van der Waals surface area contributed by atoms with Crippen LogP contribution in [0.4, 0.5) is 0 Å². The maximum absolute atomic E-state index is 3.03. The summed E-state index contributed by atoms with van der Waals surface area (Å²) in [5, 5.41) is 0. The van der Waals surface area contributed by atoms with E-state index in [1.54, 1.807) is 0 Å². The number of rotatable bonds is 0. The molecule has 1 atom stereocenters. The van der Waals surface area contributed by atoms with Gasteiger partial charge in [-0.25, -0.2) is 31.9 Å². The molecule has 1 aromatic heterocycles. The summed E-state index contributed by atoms with van der Waals surface area (Å²) in [5.41, 5.74) is 0. The largest absolute Gasteiger partial charge is 4.00 e. The van der Waals surface area contributed by atoms with Crippen LogP contribution in [0.3, 0.4) is 0 Å². The molecule has 0 saturated heterocycles. The molecule has 68 valence electrons. The van der Waals surface area contributed by atoms with Gasteiger partial charge >= 0.3 is 26.2 Å². The van der Waals surface area contributed by atoms with Crippen molar-refractivity contribution in [3.05, 3.63) is 42.0 Å². The van der Waals surface area contributed by atoms with Crippen molar-refractivity contribution in [2.24, 2.45) is 0 Å².